The molecule has 138 valence electrons. The summed E-state index contributed by atoms with van der Waals surface area (Å²) >= 11 is 2.99. The number of nitrogens with one attached hydrogen (secondary N) is 1. The molecule has 9 heteroatoms. The number of benzene rings is 1. The number of hydrogen-bond acceptors (Lipinski definition) is 7. The Kier molecular flexibility index (Phi) is 4.56. The van der Waals surface area contributed by atoms with E-state index in [-0.39, 0.29) is 5.56 Å². The molecule has 0 fully saturated rings. The van der Waals surface area contributed by atoms with Crippen molar-refractivity contribution >= 4 is 33.3 Å². The van der Waals surface area contributed by atoms with Gasteiger partial charge in [-0.25, -0.2) is 4.98 Å². The number of thioether (sulfide) groups is 1. The van der Waals surface area contributed by atoms with Gasteiger partial charge >= 0.3 is 0 Å². The lowest BCUT2D eigenvalue weighted by molar-refractivity contribution is 0.751. The average molecular weight is 399 g/mol. The predicted octanol–water partition coefficient (Wildman–Crippen LogP) is 3.49. The van der Waals surface area contributed by atoms with Crippen LogP contribution in [0, 0.1) is 27.7 Å². The highest BCUT2D eigenvalue weighted by molar-refractivity contribution is 7.98. The standard InChI is InChI=1S/C18H18N6OS2/c1-9-5-6-10(2)13(7-9)24-18(21-22-23-24)26-8-14-19-16(25)15-11(3)12(4)27-17(15)20-14/h5-7H,8H2,1-4H3,(H,19,20,25). The number of fused-ring (bicyclic) bond motifs is 1. The summed E-state index contributed by atoms with van der Waals surface area (Å²) in [6, 6.07) is 6.17. The third-order valence-electron chi connectivity index (χ3n) is 4.46. The van der Waals surface area contributed by atoms with Gasteiger partial charge in [0.25, 0.3) is 5.56 Å². The van der Waals surface area contributed by atoms with Crippen molar-refractivity contribution in [2.45, 2.75) is 38.6 Å². The van der Waals surface area contributed by atoms with Crippen LogP contribution in [-0.2, 0) is 5.75 Å². The maximum atomic E-state index is 12.4. The van der Waals surface area contributed by atoms with Crippen LogP contribution in [0.2, 0.25) is 0 Å². The Balaban J connectivity index is 1.64. The molecule has 7 nitrogen and oxygen atoms in total. The van der Waals surface area contributed by atoms with Crippen LogP contribution in [0.4, 0.5) is 0 Å². The van der Waals surface area contributed by atoms with Gasteiger partial charge in [-0.15, -0.1) is 16.4 Å². The molecule has 0 bridgehead atoms. The largest absolute Gasteiger partial charge is 0.309 e. The van der Waals surface area contributed by atoms with Crippen LogP contribution >= 0.6 is 23.1 Å². The van der Waals surface area contributed by atoms with Crippen molar-refractivity contribution in [3.63, 3.8) is 0 Å². The van der Waals surface area contributed by atoms with Crippen molar-refractivity contribution in [3.8, 4) is 5.69 Å². The molecule has 0 saturated heterocycles. The third kappa shape index (κ3) is 3.28. The molecule has 3 heterocycles. The van der Waals surface area contributed by atoms with Crippen molar-refractivity contribution in [2.75, 3.05) is 0 Å². The SMILES string of the molecule is Cc1ccc(C)c(-n2nnnc2SCc2nc3sc(C)c(C)c3c(=O)[nH]2)c1. The highest BCUT2D eigenvalue weighted by atomic mass is 32.2. The summed E-state index contributed by atoms with van der Waals surface area (Å²) in [4.78, 5) is 21.8. The van der Waals surface area contributed by atoms with Crippen molar-refractivity contribution in [3.05, 3.63) is 55.9 Å². The van der Waals surface area contributed by atoms with Crippen molar-refractivity contribution in [1.29, 1.82) is 0 Å². The summed E-state index contributed by atoms with van der Waals surface area (Å²) in [6.07, 6.45) is 0. The quantitative estimate of drug-likeness (QED) is 0.529. The van der Waals surface area contributed by atoms with Crippen molar-refractivity contribution in [2.24, 2.45) is 0 Å². The van der Waals surface area contributed by atoms with Crippen LogP contribution in [0.25, 0.3) is 15.9 Å². The minimum absolute atomic E-state index is 0.0911. The molecule has 27 heavy (non-hydrogen) atoms. The first-order chi connectivity index (χ1) is 12.9. The molecule has 0 radical (unpaired) electrons. The first kappa shape index (κ1) is 17.9. The van der Waals surface area contributed by atoms with E-state index in [1.807, 2.05) is 27.7 Å². The second kappa shape index (κ2) is 6.90. The van der Waals surface area contributed by atoms with E-state index in [1.54, 1.807) is 16.0 Å². The minimum Gasteiger partial charge on any atom is -0.309 e. The van der Waals surface area contributed by atoms with Gasteiger partial charge in [-0.3, -0.25) is 4.79 Å². The van der Waals surface area contributed by atoms with E-state index < -0.39 is 0 Å². The zero-order chi connectivity index (χ0) is 19.1. The molecule has 1 N–H and O–H groups in total. The maximum Gasteiger partial charge on any atom is 0.259 e. The second-order valence-corrected chi connectivity index (χ2v) is 8.57. The lowest BCUT2D eigenvalue weighted by atomic mass is 10.1. The predicted molar refractivity (Wildman–Crippen MR) is 108 cm³/mol. The van der Waals surface area contributed by atoms with E-state index in [0.29, 0.717) is 22.1 Å². The molecule has 4 rings (SSSR count). The van der Waals surface area contributed by atoms with E-state index >= 15 is 0 Å². The molecule has 3 aromatic heterocycles. The number of nitrogens with zero attached hydrogens (tertiary/aromatic N) is 5. The Morgan fingerprint density at radius 1 is 1.22 bits per heavy atom. The molecule has 0 atom stereocenters. The molecule has 4 aromatic rings. The summed E-state index contributed by atoms with van der Waals surface area (Å²) in [6.45, 7) is 8.03. The smallest absolute Gasteiger partial charge is 0.259 e. The summed E-state index contributed by atoms with van der Waals surface area (Å²) < 4.78 is 1.73. The number of aromatic nitrogens is 6. The molecule has 0 unspecified atom stereocenters. The number of thiophene rings is 1. The van der Waals surface area contributed by atoms with Gasteiger partial charge < -0.3 is 4.98 Å². The molecule has 1 aromatic carbocycles. The number of aromatic amines is 1. The Bertz CT molecular complexity index is 1210. The summed E-state index contributed by atoms with van der Waals surface area (Å²) in [5.74, 6) is 1.10. The molecule has 0 amide bonds. The highest BCUT2D eigenvalue weighted by Crippen LogP contribution is 2.27. The lowest BCUT2D eigenvalue weighted by Crippen LogP contribution is -2.11. The normalized spacial score (nSPS) is 11.4. The summed E-state index contributed by atoms with van der Waals surface area (Å²) in [7, 11) is 0. The Hall–Kier alpha value is -2.52. The fourth-order valence-electron chi connectivity index (χ4n) is 2.87. The minimum atomic E-state index is -0.0911. The van der Waals surface area contributed by atoms with Gasteiger partial charge in [0.15, 0.2) is 0 Å². The first-order valence-electron chi connectivity index (χ1n) is 8.41. The monoisotopic (exact) mass is 398 g/mol. The molecular formula is C18H18N6OS2. The molecular weight excluding hydrogens is 380 g/mol. The van der Waals surface area contributed by atoms with E-state index in [1.165, 1.54) is 11.8 Å². The fourth-order valence-corrected chi connectivity index (χ4v) is 4.67. The van der Waals surface area contributed by atoms with Crippen molar-refractivity contribution in [1.82, 2.24) is 30.2 Å². The van der Waals surface area contributed by atoms with Gasteiger partial charge in [0.1, 0.15) is 10.7 Å². The summed E-state index contributed by atoms with van der Waals surface area (Å²) in [5.41, 5.74) is 4.09. The van der Waals surface area contributed by atoms with Crippen LogP contribution in [0.15, 0.2) is 28.2 Å². The fraction of sp³-hybridized carbons (Fsp3) is 0.278. The van der Waals surface area contributed by atoms with Crippen LogP contribution in [-0.4, -0.2) is 30.2 Å². The summed E-state index contributed by atoms with van der Waals surface area (Å²) in [5, 5.41) is 13.4. The second-order valence-electron chi connectivity index (χ2n) is 6.43. The lowest BCUT2D eigenvalue weighted by Gasteiger charge is -2.08. The number of hydrogen-bond donors (Lipinski definition) is 1. The number of aryl methyl sites for hydroxylation is 4. The van der Waals surface area contributed by atoms with Gasteiger partial charge in [0.2, 0.25) is 5.16 Å². The number of tetrazole rings is 1. The number of H-pyrrole nitrogens is 1. The zero-order valence-electron chi connectivity index (χ0n) is 15.4. The Labute approximate surface area is 163 Å². The van der Waals surface area contributed by atoms with E-state index in [9.17, 15) is 4.79 Å². The molecule has 0 spiro atoms. The first-order valence-corrected chi connectivity index (χ1v) is 10.2. The van der Waals surface area contributed by atoms with Crippen LogP contribution in [0.1, 0.15) is 27.4 Å². The topological polar surface area (TPSA) is 89.3 Å². The van der Waals surface area contributed by atoms with Gasteiger partial charge in [-0.1, -0.05) is 23.9 Å². The van der Waals surface area contributed by atoms with Gasteiger partial charge in [0.05, 0.1) is 16.8 Å². The van der Waals surface area contributed by atoms with Crippen LogP contribution in [0.3, 0.4) is 0 Å². The van der Waals surface area contributed by atoms with E-state index in [0.717, 1.165) is 32.1 Å². The van der Waals surface area contributed by atoms with E-state index in [2.05, 4.69) is 43.7 Å². The van der Waals surface area contributed by atoms with Crippen LogP contribution < -0.4 is 5.56 Å². The number of rotatable bonds is 4. The molecule has 0 aliphatic carbocycles. The van der Waals surface area contributed by atoms with Crippen molar-refractivity contribution < 1.29 is 0 Å². The van der Waals surface area contributed by atoms with Gasteiger partial charge in [-0.2, -0.15) is 4.68 Å². The van der Waals surface area contributed by atoms with Gasteiger partial charge in [-0.05, 0) is 60.9 Å². The van der Waals surface area contributed by atoms with E-state index in [4.69, 9.17) is 0 Å². The van der Waals surface area contributed by atoms with Gasteiger partial charge in [0, 0.05) is 4.88 Å². The third-order valence-corrected chi connectivity index (χ3v) is 6.49. The Morgan fingerprint density at radius 2 is 2.04 bits per heavy atom. The zero-order valence-corrected chi connectivity index (χ0v) is 17.0. The molecule has 0 saturated carbocycles. The average Bonchev–Trinajstić information content (AvgIpc) is 3.20. The van der Waals surface area contributed by atoms with Crippen LogP contribution in [0.5, 0.6) is 0 Å². The maximum absolute atomic E-state index is 12.4. The Morgan fingerprint density at radius 3 is 2.85 bits per heavy atom. The highest BCUT2D eigenvalue weighted by Gasteiger charge is 2.15. The molecule has 0 aliphatic heterocycles. The molecule has 0 aliphatic rings.